The molecule has 90 valence electrons. The number of fused-ring (bicyclic) bond motifs is 1. The first-order valence-corrected chi connectivity index (χ1v) is 6.41. The van der Waals surface area contributed by atoms with Gasteiger partial charge in [0.05, 0.1) is 12.2 Å². The first-order chi connectivity index (χ1) is 8.68. The number of carbonyl (C=O) groups excluding carboxylic acids is 1. The van der Waals surface area contributed by atoms with Gasteiger partial charge in [0, 0.05) is 21.3 Å². The second kappa shape index (κ2) is 4.14. The number of carbonyl (C=O) groups is 1. The third-order valence-electron chi connectivity index (χ3n) is 3.15. The smallest absolute Gasteiger partial charge is 0.259 e. The number of nitrogens with two attached hydrogens (primary N) is 1. The van der Waals surface area contributed by atoms with Crippen LogP contribution in [0.5, 0.6) is 0 Å². The maximum absolute atomic E-state index is 12.4. The number of amides is 1. The summed E-state index contributed by atoms with van der Waals surface area (Å²) in [6.45, 7) is 0.531. The van der Waals surface area contributed by atoms with Crippen LogP contribution in [0.15, 0.2) is 46.9 Å². The average molecular weight is 303 g/mol. The molecular formula is C14H11BrN2O. The van der Waals surface area contributed by atoms with E-state index in [-0.39, 0.29) is 5.91 Å². The summed E-state index contributed by atoms with van der Waals surface area (Å²) >= 11 is 3.47. The Balaban J connectivity index is 2.08. The Morgan fingerprint density at radius 2 is 1.89 bits per heavy atom. The molecule has 0 unspecified atom stereocenters. The molecule has 2 aromatic carbocycles. The molecule has 0 saturated heterocycles. The number of anilines is 2. The Labute approximate surface area is 113 Å². The normalized spacial score (nSPS) is 13.8. The molecule has 0 aromatic heterocycles. The Kier molecular flexibility index (Phi) is 2.59. The molecular weight excluding hydrogens is 292 g/mol. The van der Waals surface area contributed by atoms with Gasteiger partial charge in [-0.15, -0.1) is 0 Å². The molecule has 0 fully saturated rings. The molecule has 1 heterocycles. The summed E-state index contributed by atoms with van der Waals surface area (Å²) < 4.78 is 0.907. The van der Waals surface area contributed by atoms with Crippen molar-refractivity contribution in [2.45, 2.75) is 6.54 Å². The van der Waals surface area contributed by atoms with Gasteiger partial charge in [0.25, 0.3) is 5.91 Å². The third-order valence-corrected chi connectivity index (χ3v) is 3.82. The van der Waals surface area contributed by atoms with Crippen LogP contribution in [0.3, 0.4) is 0 Å². The minimum atomic E-state index is 0.00389. The summed E-state index contributed by atoms with van der Waals surface area (Å²) in [4.78, 5) is 14.1. The molecule has 0 aliphatic carbocycles. The molecule has 3 rings (SSSR count). The molecule has 2 N–H and O–H groups in total. The van der Waals surface area contributed by atoms with Gasteiger partial charge in [0.2, 0.25) is 0 Å². The van der Waals surface area contributed by atoms with Crippen molar-refractivity contribution in [2.24, 2.45) is 0 Å². The minimum Gasteiger partial charge on any atom is -0.398 e. The van der Waals surface area contributed by atoms with Crippen molar-refractivity contribution >= 4 is 33.2 Å². The lowest BCUT2D eigenvalue weighted by Crippen LogP contribution is -2.23. The number of rotatable bonds is 1. The zero-order valence-corrected chi connectivity index (χ0v) is 11.1. The predicted octanol–water partition coefficient (Wildman–Crippen LogP) is 3.19. The number of halogens is 1. The van der Waals surface area contributed by atoms with Gasteiger partial charge in [-0.25, -0.2) is 0 Å². The molecule has 18 heavy (non-hydrogen) atoms. The van der Waals surface area contributed by atoms with Crippen molar-refractivity contribution in [3.05, 3.63) is 58.1 Å². The molecule has 0 atom stereocenters. The highest BCUT2D eigenvalue weighted by Crippen LogP contribution is 2.34. The maximum atomic E-state index is 12.4. The molecule has 4 heteroatoms. The Bertz CT molecular complexity index is 639. The van der Waals surface area contributed by atoms with Crippen molar-refractivity contribution in [1.29, 1.82) is 0 Å². The maximum Gasteiger partial charge on any atom is 0.259 e. The summed E-state index contributed by atoms with van der Waals surface area (Å²) in [7, 11) is 0. The summed E-state index contributed by atoms with van der Waals surface area (Å²) in [5, 5.41) is 0. The molecule has 0 radical (unpaired) electrons. The van der Waals surface area contributed by atoms with Gasteiger partial charge in [-0.1, -0.05) is 18.2 Å². The predicted molar refractivity (Wildman–Crippen MR) is 75.5 cm³/mol. The van der Waals surface area contributed by atoms with Crippen LogP contribution in [0.25, 0.3) is 0 Å². The van der Waals surface area contributed by atoms with Crippen LogP contribution < -0.4 is 10.6 Å². The molecule has 3 nitrogen and oxygen atoms in total. The summed E-state index contributed by atoms with van der Waals surface area (Å²) in [6.07, 6.45) is 0. The second-order valence-electron chi connectivity index (χ2n) is 4.22. The van der Waals surface area contributed by atoms with Crippen molar-refractivity contribution in [1.82, 2.24) is 0 Å². The Morgan fingerprint density at radius 1 is 1.11 bits per heavy atom. The first kappa shape index (κ1) is 11.3. The van der Waals surface area contributed by atoms with Crippen LogP contribution in [0.4, 0.5) is 11.4 Å². The van der Waals surface area contributed by atoms with Crippen LogP contribution in [0.2, 0.25) is 0 Å². The van der Waals surface area contributed by atoms with E-state index in [0.717, 1.165) is 15.7 Å². The highest BCUT2D eigenvalue weighted by Gasteiger charge is 2.30. The number of hydrogen-bond acceptors (Lipinski definition) is 2. The van der Waals surface area contributed by atoms with Gasteiger partial charge >= 0.3 is 0 Å². The van der Waals surface area contributed by atoms with E-state index in [9.17, 15) is 4.79 Å². The fraction of sp³-hybridized carbons (Fsp3) is 0.0714. The fourth-order valence-corrected chi connectivity index (χ4v) is 2.72. The van der Waals surface area contributed by atoms with E-state index in [1.54, 1.807) is 4.90 Å². The number of hydrogen-bond donors (Lipinski definition) is 1. The summed E-state index contributed by atoms with van der Waals surface area (Å²) in [6, 6.07) is 13.2. The SMILES string of the molecule is Nc1cccc2c1CN(c1ccccc1Br)C2=O. The second-order valence-corrected chi connectivity index (χ2v) is 5.07. The largest absolute Gasteiger partial charge is 0.398 e. The molecule has 0 saturated carbocycles. The quantitative estimate of drug-likeness (QED) is 0.822. The van der Waals surface area contributed by atoms with Gasteiger partial charge in [0.15, 0.2) is 0 Å². The number of nitrogens with zero attached hydrogens (tertiary/aromatic N) is 1. The topological polar surface area (TPSA) is 46.3 Å². The lowest BCUT2D eigenvalue weighted by molar-refractivity contribution is 0.0996. The minimum absolute atomic E-state index is 0.00389. The van der Waals surface area contributed by atoms with E-state index in [0.29, 0.717) is 17.8 Å². The standard InChI is InChI=1S/C14H11BrN2O/c15-11-5-1-2-7-13(11)17-8-10-9(14(17)18)4-3-6-12(10)16/h1-7H,8,16H2. The lowest BCUT2D eigenvalue weighted by Gasteiger charge is -2.17. The van der Waals surface area contributed by atoms with Gasteiger partial charge in [-0.3, -0.25) is 4.79 Å². The number of benzene rings is 2. The molecule has 0 bridgehead atoms. The number of nitrogen functional groups attached to an aromatic ring is 1. The van der Waals surface area contributed by atoms with E-state index < -0.39 is 0 Å². The van der Waals surface area contributed by atoms with E-state index in [1.165, 1.54) is 0 Å². The van der Waals surface area contributed by atoms with E-state index in [4.69, 9.17) is 5.73 Å². The van der Waals surface area contributed by atoms with Crippen molar-refractivity contribution < 1.29 is 4.79 Å². The van der Waals surface area contributed by atoms with Gasteiger partial charge in [-0.05, 0) is 40.2 Å². The lowest BCUT2D eigenvalue weighted by atomic mass is 10.1. The summed E-state index contributed by atoms with van der Waals surface area (Å²) in [5.41, 5.74) is 9.09. The van der Waals surface area contributed by atoms with E-state index in [1.807, 2.05) is 42.5 Å². The van der Waals surface area contributed by atoms with Crippen molar-refractivity contribution in [2.75, 3.05) is 10.6 Å². The van der Waals surface area contributed by atoms with E-state index >= 15 is 0 Å². The van der Waals surface area contributed by atoms with Crippen molar-refractivity contribution in [3.8, 4) is 0 Å². The van der Waals surface area contributed by atoms with Gasteiger partial charge in [-0.2, -0.15) is 0 Å². The monoisotopic (exact) mass is 302 g/mol. The summed E-state index contributed by atoms with van der Waals surface area (Å²) in [5.74, 6) is 0.00389. The first-order valence-electron chi connectivity index (χ1n) is 5.62. The van der Waals surface area contributed by atoms with Crippen LogP contribution in [-0.2, 0) is 6.54 Å². The molecule has 1 aliphatic rings. The van der Waals surface area contributed by atoms with Crippen LogP contribution >= 0.6 is 15.9 Å². The average Bonchev–Trinajstić information content (AvgIpc) is 2.70. The number of para-hydroxylation sites is 1. The fourth-order valence-electron chi connectivity index (χ4n) is 2.22. The zero-order chi connectivity index (χ0) is 12.7. The van der Waals surface area contributed by atoms with Crippen LogP contribution in [0.1, 0.15) is 15.9 Å². The third kappa shape index (κ3) is 1.61. The highest BCUT2D eigenvalue weighted by molar-refractivity contribution is 9.10. The van der Waals surface area contributed by atoms with Gasteiger partial charge < -0.3 is 10.6 Å². The van der Waals surface area contributed by atoms with E-state index in [2.05, 4.69) is 15.9 Å². The molecule has 1 amide bonds. The van der Waals surface area contributed by atoms with Crippen molar-refractivity contribution in [3.63, 3.8) is 0 Å². The zero-order valence-electron chi connectivity index (χ0n) is 9.56. The van der Waals surface area contributed by atoms with Gasteiger partial charge in [0.1, 0.15) is 0 Å². The molecule has 2 aromatic rings. The van der Waals surface area contributed by atoms with Crippen LogP contribution in [-0.4, -0.2) is 5.91 Å². The Hall–Kier alpha value is -1.81. The molecule has 0 spiro atoms. The highest BCUT2D eigenvalue weighted by atomic mass is 79.9. The Morgan fingerprint density at radius 3 is 2.61 bits per heavy atom. The van der Waals surface area contributed by atoms with Crippen LogP contribution in [0, 0.1) is 0 Å². The molecule has 1 aliphatic heterocycles.